The van der Waals surface area contributed by atoms with Crippen molar-refractivity contribution in [1.29, 1.82) is 0 Å². The van der Waals surface area contributed by atoms with Gasteiger partial charge in [0, 0.05) is 6.54 Å². The molecule has 3 heterocycles. The molecule has 12 heteroatoms. The number of hydrogen-bond acceptors (Lipinski definition) is 9. The molecule has 1 saturated heterocycles. The number of aliphatic hydroxyl groups is 3. The highest BCUT2D eigenvalue weighted by Crippen LogP contribution is 2.40. The van der Waals surface area contributed by atoms with Gasteiger partial charge in [0.1, 0.15) is 30.4 Å². The van der Waals surface area contributed by atoms with Crippen molar-refractivity contribution in [2.24, 2.45) is 0 Å². The highest BCUT2D eigenvalue weighted by atomic mass is 16.6. The van der Waals surface area contributed by atoms with Crippen molar-refractivity contribution in [3.8, 4) is 0 Å². The molecule has 4 atom stereocenters. The van der Waals surface area contributed by atoms with Crippen LogP contribution in [0.25, 0.3) is 11.2 Å². The minimum absolute atomic E-state index is 0.0593. The van der Waals surface area contributed by atoms with Crippen molar-refractivity contribution in [2.75, 3.05) is 18.9 Å². The fraction of sp³-hybridized carbons (Fsp3) is 0.538. The molecule has 1 fully saturated rings. The molecule has 0 spiro atoms. The van der Waals surface area contributed by atoms with E-state index >= 15 is 0 Å². The van der Waals surface area contributed by atoms with Gasteiger partial charge < -0.3 is 30.9 Å². The Balaban J connectivity index is 2.28. The topological polar surface area (TPSA) is 180 Å². The number of nitrogen functional groups attached to an aromatic ring is 1. The monoisotopic (exact) mass is 354 g/mol. The Bertz CT molecular complexity index is 798. The Morgan fingerprint density at radius 3 is 2.72 bits per heavy atom. The van der Waals surface area contributed by atoms with Crippen molar-refractivity contribution >= 4 is 23.1 Å². The van der Waals surface area contributed by atoms with Crippen LogP contribution >= 0.6 is 0 Å². The number of aliphatic hydroxyl groups excluding tert-OH is 3. The molecule has 136 valence electrons. The Morgan fingerprint density at radius 1 is 1.44 bits per heavy atom. The lowest BCUT2D eigenvalue weighted by atomic mass is 10.1. The maximum atomic E-state index is 11.8. The number of fused-ring (bicyclic) bond motifs is 1. The van der Waals surface area contributed by atoms with Gasteiger partial charge in [-0.3, -0.25) is 9.47 Å². The summed E-state index contributed by atoms with van der Waals surface area (Å²) in [6, 6.07) is 0. The van der Waals surface area contributed by atoms with Crippen LogP contribution < -0.4 is 5.73 Å². The molecule has 12 nitrogen and oxygen atoms in total. The Hall–Kier alpha value is -2.54. The molecule has 0 aromatic carbocycles. The van der Waals surface area contributed by atoms with Crippen LogP contribution in [0.1, 0.15) is 6.92 Å². The van der Waals surface area contributed by atoms with Gasteiger partial charge in [0.25, 0.3) is 5.85 Å². The minimum Gasteiger partial charge on any atom is -0.465 e. The van der Waals surface area contributed by atoms with E-state index in [0.29, 0.717) is 0 Å². The molecular formula is C13H18N6O6. The quantitative estimate of drug-likeness (QED) is 0.417. The van der Waals surface area contributed by atoms with Gasteiger partial charge in [0.2, 0.25) is 0 Å². The predicted molar refractivity (Wildman–Crippen MR) is 82.1 cm³/mol. The lowest BCUT2D eigenvalue weighted by Crippen LogP contribution is -2.59. The summed E-state index contributed by atoms with van der Waals surface area (Å²) in [4.78, 5) is 24.4. The molecule has 2 aromatic rings. The molecule has 3 rings (SSSR count). The number of ether oxygens (including phenoxy) is 1. The summed E-state index contributed by atoms with van der Waals surface area (Å²) in [5.41, 5.74) is 6.04. The van der Waals surface area contributed by atoms with Crippen LogP contribution in [0.3, 0.4) is 0 Å². The lowest BCUT2D eigenvalue weighted by Gasteiger charge is -2.40. The number of aromatic nitrogens is 4. The number of imidazole rings is 1. The predicted octanol–water partition coefficient (Wildman–Crippen LogP) is -1.87. The third-order valence-corrected chi connectivity index (χ3v) is 4.24. The van der Waals surface area contributed by atoms with Crippen molar-refractivity contribution in [1.82, 2.24) is 24.4 Å². The van der Waals surface area contributed by atoms with Gasteiger partial charge in [-0.25, -0.2) is 19.7 Å². The Labute approximate surface area is 141 Å². The number of rotatable bonds is 4. The number of amides is 1. The summed E-state index contributed by atoms with van der Waals surface area (Å²) in [5.74, 6) is -2.02. The summed E-state index contributed by atoms with van der Waals surface area (Å²) in [5, 5.41) is 39.8. The molecule has 1 aliphatic rings. The first kappa shape index (κ1) is 17.3. The van der Waals surface area contributed by atoms with Crippen molar-refractivity contribution in [3.63, 3.8) is 0 Å². The third kappa shape index (κ3) is 2.30. The molecule has 6 N–H and O–H groups in total. The average Bonchev–Trinajstić information content (AvgIpc) is 3.12. The van der Waals surface area contributed by atoms with E-state index in [4.69, 9.17) is 10.5 Å². The van der Waals surface area contributed by atoms with Gasteiger partial charge in [-0.05, 0) is 6.92 Å². The van der Waals surface area contributed by atoms with Crippen molar-refractivity contribution in [3.05, 3.63) is 12.7 Å². The van der Waals surface area contributed by atoms with Crippen LogP contribution in [0.2, 0.25) is 0 Å². The zero-order valence-corrected chi connectivity index (χ0v) is 13.2. The maximum Gasteiger partial charge on any atom is 0.411 e. The van der Waals surface area contributed by atoms with E-state index in [1.807, 2.05) is 0 Å². The largest absolute Gasteiger partial charge is 0.465 e. The molecule has 0 unspecified atom stereocenters. The van der Waals surface area contributed by atoms with E-state index in [1.54, 1.807) is 0 Å². The van der Waals surface area contributed by atoms with E-state index in [2.05, 4.69) is 15.0 Å². The summed E-state index contributed by atoms with van der Waals surface area (Å²) < 4.78 is 6.81. The molecule has 2 aromatic heterocycles. The molecular weight excluding hydrogens is 336 g/mol. The summed E-state index contributed by atoms with van der Waals surface area (Å²) >= 11 is 0. The fourth-order valence-electron chi connectivity index (χ4n) is 3.07. The third-order valence-electron chi connectivity index (χ3n) is 4.24. The van der Waals surface area contributed by atoms with Crippen molar-refractivity contribution in [2.45, 2.75) is 31.1 Å². The van der Waals surface area contributed by atoms with Crippen LogP contribution in [0.5, 0.6) is 0 Å². The smallest absolute Gasteiger partial charge is 0.411 e. The highest BCUT2D eigenvalue weighted by Gasteiger charge is 2.61. The Kier molecular flexibility index (Phi) is 4.20. The van der Waals surface area contributed by atoms with E-state index in [1.165, 1.54) is 17.8 Å². The van der Waals surface area contributed by atoms with Crippen LogP contribution in [-0.4, -0.2) is 82.4 Å². The number of anilines is 1. The second-order valence-corrected chi connectivity index (χ2v) is 5.51. The van der Waals surface area contributed by atoms with E-state index in [9.17, 15) is 25.2 Å². The Morgan fingerprint density at radius 2 is 2.16 bits per heavy atom. The molecule has 0 bridgehead atoms. The standard InChI is InChI=1S/C13H18N6O6/c1-2-18(12(23)24)13(9(22)8(21)6(3-20)25-13)19-5-17-7-10(14)15-4-16-11(7)19/h4-6,8-9,20-22H,2-3H2,1H3,(H,23,24)(H2,14,15,16)/t6-,8-,9-,13+/m1/s1. The number of nitrogens with two attached hydrogens (primary N) is 1. The summed E-state index contributed by atoms with van der Waals surface area (Å²) in [6.07, 6.45) is -3.51. The molecule has 25 heavy (non-hydrogen) atoms. The maximum absolute atomic E-state index is 11.8. The van der Waals surface area contributed by atoms with Gasteiger partial charge in [-0.1, -0.05) is 0 Å². The second-order valence-electron chi connectivity index (χ2n) is 5.51. The van der Waals surface area contributed by atoms with Crippen LogP contribution in [0.4, 0.5) is 10.6 Å². The van der Waals surface area contributed by atoms with Crippen LogP contribution in [0, 0.1) is 0 Å². The molecule has 1 aliphatic heterocycles. The van der Waals surface area contributed by atoms with Gasteiger partial charge in [0.15, 0.2) is 17.6 Å². The number of nitrogens with zero attached hydrogens (tertiary/aromatic N) is 5. The SMILES string of the molecule is CCN(C(=O)O)[C@@]1(n2cnc3c(N)ncnc32)O[C@H](CO)[C@@H](O)[C@H]1O. The van der Waals surface area contributed by atoms with Crippen molar-refractivity contribution < 1.29 is 30.0 Å². The number of hydrogen-bond donors (Lipinski definition) is 5. The van der Waals surface area contributed by atoms with Crippen LogP contribution in [-0.2, 0) is 10.6 Å². The van der Waals surface area contributed by atoms with E-state index in [-0.39, 0.29) is 23.5 Å². The van der Waals surface area contributed by atoms with Gasteiger partial charge in [-0.15, -0.1) is 0 Å². The second kappa shape index (κ2) is 6.07. The van der Waals surface area contributed by atoms with E-state index < -0.39 is 36.9 Å². The average molecular weight is 354 g/mol. The molecule has 0 radical (unpaired) electrons. The fourth-order valence-corrected chi connectivity index (χ4v) is 3.07. The minimum atomic E-state index is -2.08. The zero-order valence-electron chi connectivity index (χ0n) is 13.2. The molecule has 0 aliphatic carbocycles. The molecule has 0 saturated carbocycles. The lowest BCUT2D eigenvalue weighted by molar-refractivity contribution is -0.226. The zero-order chi connectivity index (χ0) is 18.4. The van der Waals surface area contributed by atoms with Gasteiger partial charge >= 0.3 is 6.09 Å². The van der Waals surface area contributed by atoms with Gasteiger partial charge in [0.05, 0.1) is 6.61 Å². The first-order chi connectivity index (χ1) is 11.9. The number of likely N-dealkylation sites (N-methyl/N-ethyl adjacent to an activating group) is 1. The summed E-state index contributed by atoms with van der Waals surface area (Å²) in [6.45, 7) is 0.825. The van der Waals surface area contributed by atoms with Crippen LogP contribution in [0.15, 0.2) is 12.7 Å². The van der Waals surface area contributed by atoms with Gasteiger partial charge in [-0.2, -0.15) is 0 Å². The first-order valence-corrected chi connectivity index (χ1v) is 7.47. The normalized spacial score (nSPS) is 29.2. The summed E-state index contributed by atoms with van der Waals surface area (Å²) in [7, 11) is 0. The van der Waals surface area contributed by atoms with E-state index in [0.717, 1.165) is 11.2 Å². The highest BCUT2D eigenvalue weighted by molar-refractivity contribution is 5.81. The number of carboxylic acid groups (broad SMARTS) is 1. The first-order valence-electron chi connectivity index (χ1n) is 7.47. The molecule has 1 amide bonds. The number of carbonyl (C=O) groups is 1.